The van der Waals surface area contributed by atoms with Crippen molar-refractivity contribution >= 4 is 45.9 Å². The molecule has 0 bridgehead atoms. The van der Waals surface area contributed by atoms with Crippen LogP contribution in [0.2, 0.25) is 0 Å². The van der Waals surface area contributed by atoms with E-state index < -0.39 is 35.8 Å². The molecule has 5 nitrogen and oxygen atoms in total. The van der Waals surface area contributed by atoms with Crippen LogP contribution in [0.1, 0.15) is 17.3 Å². The third-order valence-electron chi connectivity index (χ3n) is 4.39. The molecule has 1 aliphatic rings. The molecular formula is C16H16F5IN4OS. The van der Waals surface area contributed by atoms with Crippen LogP contribution >= 0.6 is 34.4 Å². The van der Waals surface area contributed by atoms with E-state index in [9.17, 15) is 26.7 Å². The Labute approximate surface area is 175 Å². The molecule has 1 aliphatic heterocycles. The lowest BCUT2D eigenvalue weighted by molar-refractivity contribution is -0.101. The fourth-order valence-corrected chi connectivity index (χ4v) is 4.57. The molecule has 0 unspecified atom stereocenters. The Kier molecular flexibility index (Phi) is 5.85. The number of hydrogen-bond donors (Lipinski definition) is 1. The smallest absolute Gasteiger partial charge is 0.343 e. The SMILES string of the molecule is C[C@@H]1CN(C)CC(F)(F)[C@H]1NC(=O)c1cc(I)cn2c(SC(F)(F)F)cnc12. The Balaban J connectivity index is 1.94. The Hall–Kier alpha value is -1.15. The average Bonchev–Trinajstić information content (AvgIpc) is 2.90. The fraction of sp³-hybridized carbons (Fsp3) is 0.500. The molecule has 28 heavy (non-hydrogen) atoms. The molecule has 1 N–H and O–H groups in total. The molecule has 0 saturated carbocycles. The summed E-state index contributed by atoms with van der Waals surface area (Å²) >= 11 is 1.49. The van der Waals surface area contributed by atoms with Gasteiger partial charge >= 0.3 is 5.51 Å². The van der Waals surface area contributed by atoms with Crippen LogP contribution in [-0.2, 0) is 0 Å². The van der Waals surface area contributed by atoms with Gasteiger partial charge in [0.1, 0.15) is 5.03 Å². The third-order valence-corrected chi connectivity index (χ3v) is 5.73. The van der Waals surface area contributed by atoms with Gasteiger partial charge in [-0.15, -0.1) is 0 Å². The van der Waals surface area contributed by atoms with Crippen molar-refractivity contribution < 1.29 is 26.7 Å². The van der Waals surface area contributed by atoms with E-state index in [4.69, 9.17) is 0 Å². The van der Waals surface area contributed by atoms with Crippen LogP contribution in [0.5, 0.6) is 0 Å². The predicted octanol–water partition coefficient (Wildman–Crippen LogP) is 3.87. The highest BCUT2D eigenvalue weighted by atomic mass is 127. The highest BCUT2D eigenvalue weighted by molar-refractivity contribution is 14.1. The Morgan fingerprint density at radius 3 is 2.71 bits per heavy atom. The molecule has 12 heteroatoms. The van der Waals surface area contributed by atoms with Crippen molar-refractivity contribution in [2.24, 2.45) is 5.92 Å². The number of aromatic nitrogens is 2. The highest BCUT2D eigenvalue weighted by Crippen LogP contribution is 2.37. The van der Waals surface area contributed by atoms with Crippen LogP contribution in [0.3, 0.4) is 0 Å². The lowest BCUT2D eigenvalue weighted by Gasteiger charge is -2.41. The molecule has 1 fully saturated rings. The van der Waals surface area contributed by atoms with E-state index in [0.717, 1.165) is 10.6 Å². The van der Waals surface area contributed by atoms with Gasteiger partial charge in [0, 0.05) is 28.1 Å². The van der Waals surface area contributed by atoms with E-state index in [1.54, 1.807) is 14.0 Å². The Morgan fingerprint density at radius 2 is 2.11 bits per heavy atom. The number of halogens is 6. The number of carbonyl (C=O) groups is 1. The van der Waals surface area contributed by atoms with E-state index in [1.807, 2.05) is 22.6 Å². The number of nitrogens with zero attached hydrogens (tertiary/aromatic N) is 3. The second-order valence-electron chi connectivity index (χ2n) is 6.80. The molecule has 154 valence electrons. The molecule has 3 rings (SSSR count). The molecule has 0 spiro atoms. The predicted molar refractivity (Wildman–Crippen MR) is 103 cm³/mol. The van der Waals surface area contributed by atoms with Crippen molar-refractivity contribution in [1.82, 2.24) is 19.6 Å². The maximum Gasteiger partial charge on any atom is 0.447 e. The minimum atomic E-state index is -4.52. The van der Waals surface area contributed by atoms with Gasteiger partial charge in [0.05, 0.1) is 24.3 Å². The number of thioether (sulfide) groups is 1. The lowest BCUT2D eigenvalue weighted by atomic mass is 9.90. The summed E-state index contributed by atoms with van der Waals surface area (Å²) in [5.41, 5.74) is -4.60. The number of hydrogen-bond acceptors (Lipinski definition) is 4. The van der Waals surface area contributed by atoms with Crippen molar-refractivity contribution in [1.29, 1.82) is 0 Å². The molecular weight excluding hydrogens is 518 g/mol. The first-order valence-corrected chi connectivity index (χ1v) is 10.1. The van der Waals surface area contributed by atoms with Gasteiger partial charge in [-0.3, -0.25) is 9.20 Å². The number of carbonyl (C=O) groups excluding carboxylic acids is 1. The summed E-state index contributed by atoms with van der Waals surface area (Å²) in [5.74, 6) is -4.43. The minimum Gasteiger partial charge on any atom is -0.343 e. The first-order chi connectivity index (χ1) is 12.9. The molecule has 2 aromatic heterocycles. The van der Waals surface area contributed by atoms with Crippen LogP contribution in [0.15, 0.2) is 23.5 Å². The number of pyridine rings is 1. The topological polar surface area (TPSA) is 49.6 Å². The summed E-state index contributed by atoms with van der Waals surface area (Å²) in [6.07, 6.45) is 2.41. The summed E-state index contributed by atoms with van der Waals surface area (Å²) in [6, 6.07) is 0.0333. The first-order valence-electron chi connectivity index (χ1n) is 8.17. The van der Waals surface area contributed by atoms with E-state index in [-0.39, 0.29) is 28.0 Å². The number of likely N-dealkylation sites (tertiary alicyclic amines) is 1. The van der Waals surface area contributed by atoms with Gasteiger partial charge < -0.3 is 10.2 Å². The second-order valence-corrected chi connectivity index (χ2v) is 9.13. The van der Waals surface area contributed by atoms with Gasteiger partial charge in [-0.25, -0.2) is 13.8 Å². The zero-order chi connectivity index (χ0) is 20.9. The van der Waals surface area contributed by atoms with E-state index >= 15 is 0 Å². The van der Waals surface area contributed by atoms with Crippen LogP contribution in [0.4, 0.5) is 22.0 Å². The quantitative estimate of drug-likeness (QED) is 0.370. The average molecular weight is 534 g/mol. The largest absolute Gasteiger partial charge is 0.447 e. The summed E-state index contributed by atoms with van der Waals surface area (Å²) in [4.78, 5) is 18.1. The van der Waals surface area contributed by atoms with Crippen molar-refractivity contribution in [3.05, 3.63) is 27.6 Å². The lowest BCUT2D eigenvalue weighted by Crippen LogP contribution is -2.61. The van der Waals surface area contributed by atoms with Gasteiger partial charge in [-0.05, 0) is 41.6 Å². The number of fused-ring (bicyclic) bond motifs is 1. The van der Waals surface area contributed by atoms with E-state index in [2.05, 4.69) is 10.3 Å². The van der Waals surface area contributed by atoms with Gasteiger partial charge in [-0.1, -0.05) is 6.92 Å². The molecule has 2 atom stereocenters. The maximum atomic E-state index is 14.4. The molecule has 0 aliphatic carbocycles. The fourth-order valence-electron chi connectivity index (χ4n) is 3.40. The Bertz CT molecular complexity index is 903. The normalized spacial score (nSPS) is 23.1. The molecule has 0 aromatic carbocycles. The van der Waals surface area contributed by atoms with Gasteiger partial charge in [-0.2, -0.15) is 13.2 Å². The van der Waals surface area contributed by atoms with Crippen LogP contribution in [-0.4, -0.2) is 57.8 Å². The number of piperidine rings is 1. The number of imidazole rings is 1. The van der Waals surface area contributed by atoms with Gasteiger partial charge in [0.15, 0.2) is 5.65 Å². The van der Waals surface area contributed by atoms with E-state index in [0.29, 0.717) is 10.1 Å². The number of nitrogens with one attached hydrogen (secondary N) is 1. The molecule has 1 saturated heterocycles. The van der Waals surface area contributed by atoms with Gasteiger partial charge in [0.25, 0.3) is 11.8 Å². The number of rotatable bonds is 3. The summed E-state index contributed by atoms with van der Waals surface area (Å²) < 4.78 is 68.6. The first kappa shape index (κ1) is 21.6. The monoisotopic (exact) mass is 534 g/mol. The highest BCUT2D eigenvalue weighted by Gasteiger charge is 2.48. The number of amides is 1. The standard InChI is InChI=1S/C16H16F5IN4OS/c1-8-5-25(2)7-15(17,18)12(8)24-14(27)10-3-9(22)6-26-11(4-23-13(10)26)28-16(19,20)21/h3-4,6,8,12H,5,7H2,1-2H3,(H,24,27)/t8-,12+/m1/s1. The molecule has 2 aromatic rings. The van der Waals surface area contributed by atoms with Crippen LogP contribution < -0.4 is 5.32 Å². The summed E-state index contributed by atoms with van der Waals surface area (Å²) in [6.45, 7) is 1.52. The second kappa shape index (κ2) is 7.59. The van der Waals surface area contributed by atoms with Crippen LogP contribution in [0.25, 0.3) is 5.65 Å². The van der Waals surface area contributed by atoms with E-state index in [1.165, 1.54) is 17.2 Å². The molecule has 0 radical (unpaired) electrons. The minimum absolute atomic E-state index is 0.0198. The van der Waals surface area contributed by atoms with Crippen molar-refractivity contribution in [3.63, 3.8) is 0 Å². The van der Waals surface area contributed by atoms with Crippen molar-refractivity contribution in [2.45, 2.75) is 29.4 Å². The maximum absolute atomic E-state index is 14.4. The van der Waals surface area contributed by atoms with Crippen LogP contribution in [0, 0.1) is 9.49 Å². The van der Waals surface area contributed by atoms with Gasteiger partial charge in [0.2, 0.25) is 0 Å². The Morgan fingerprint density at radius 1 is 1.43 bits per heavy atom. The summed E-state index contributed by atoms with van der Waals surface area (Å²) in [5, 5.41) is 2.16. The number of alkyl halides is 5. The zero-order valence-electron chi connectivity index (χ0n) is 14.7. The van der Waals surface area contributed by atoms with Crippen molar-refractivity contribution in [2.75, 3.05) is 20.1 Å². The summed E-state index contributed by atoms with van der Waals surface area (Å²) in [7, 11) is 1.58. The van der Waals surface area contributed by atoms with Crippen molar-refractivity contribution in [3.8, 4) is 0 Å². The third kappa shape index (κ3) is 4.53. The molecule has 3 heterocycles. The molecule has 1 amide bonds. The zero-order valence-corrected chi connectivity index (χ0v) is 17.7.